The summed E-state index contributed by atoms with van der Waals surface area (Å²) in [5.41, 5.74) is -1.28. The van der Waals surface area contributed by atoms with Gasteiger partial charge in [-0.3, -0.25) is 0 Å². The van der Waals surface area contributed by atoms with Gasteiger partial charge in [0.25, 0.3) is 0 Å². The van der Waals surface area contributed by atoms with E-state index < -0.39 is 23.1 Å². The summed E-state index contributed by atoms with van der Waals surface area (Å²) in [5, 5.41) is 9.39. The minimum Gasteiger partial charge on any atom is -0.479 e. The van der Waals surface area contributed by atoms with Gasteiger partial charge in [-0.15, -0.1) is 0 Å². The van der Waals surface area contributed by atoms with E-state index >= 15 is 0 Å². The molecule has 1 fully saturated rings. The number of hydrogen-bond acceptors (Lipinski definition) is 4. The van der Waals surface area contributed by atoms with Crippen LogP contribution >= 0.6 is 0 Å². The van der Waals surface area contributed by atoms with Gasteiger partial charge in [0.05, 0.1) is 0 Å². The molecule has 1 N–H and O–H groups in total. The van der Waals surface area contributed by atoms with Crippen molar-refractivity contribution in [2.24, 2.45) is 5.41 Å². The fourth-order valence-electron chi connectivity index (χ4n) is 3.14. The molecule has 1 heterocycles. The number of carbonyl (C=O) groups excluding carboxylic acids is 1. The van der Waals surface area contributed by atoms with Gasteiger partial charge in [0.15, 0.2) is 6.10 Å². The van der Waals surface area contributed by atoms with E-state index in [1.165, 1.54) is 7.11 Å². The molecular weight excluding hydrogens is 286 g/mol. The van der Waals surface area contributed by atoms with Gasteiger partial charge in [0, 0.05) is 25.1 Å². The molecule has 0 aromatic carbocycles. The van der Waals surface area contributed by atoms with Crippen molar-refractivity contribution in [3.05, 3.63) is 0 Å². The van der Waals surface area contributed by atoms with E-state index in [4.69, 9.17) is 9.47 Å². The fourth-order valence-corrected chi connectivity index (χ4v) is 3.14. The maximum Gasteiger partial charge on any atom is 0.410 e. The minimum absolute atomic E-state index is 0.225. The van der Waals surface area contributed by atoms with Gasteiger partial charge in [-0.2, -0.15) is 0 Å². The molecule has 0 aliphatic carbocycles. The predicted molar refractivity (Wildman–Crippen MR) is 82.8 cm³/mol. The number of nitrogens with zero attached hydrogens (tertiary/aromatic N) is 1. The Morgan fingerprint density at radius 3 is 2.23 bits per heavy atom. The summed E-state index contributed by atoms with van der Waals surface area (Å²) in [6.45, 7) is 9.73. The van der Waals surface area contributed by atoms with Crippen LogP contribution in [0.5, 0.6) is 0 Å². The lowest BCUT2D eigenvalue weighted by molar-refractivity contribution is -0.160. The molecule has 0 aromatic rings. The van der Waals surface area contributed by atoms with Gasteiger partial charge in [0.2, 0.25) is 0 Å². The number of likely N-dealkylation sites (tertiary alicyclic amines) is 1. The molecule has 6 heteroatoms. The van der Waals surface area contributed by atoms with Crippen LogP contribution in [0.4, 0.5) is 4.79 Å². The number of methoxy groups -OCH3 is 1. The van der Waals surface area contributed by atoms with Gasteiger partial charge in [0.1, 0.15) is 5.60 Å². The summed E-state index contributed by atoms with van der Waals surface area (Å²) >= 11 is 0. The Morgan fingerprint density at radius 1 is 1.18 bits per heavy atom. The molecule has 128 valence electrons. The molecule has 1 amide bonds. The summed E-state index contributed by atoms with van der Waals surface area (Å²) in [7, 11) is 1.39. The Balaban J connectivity index is 3.02. The minimum atomic E-state index is -1.01. The van der Waals surface area contributed by atoms with Crippen LogP contribution in [0.1, 0.15) is 53.9 Å². The van der Waals surface area contributed by atoms with E-state index in [9.17, 15) is 14.7 Å². The Labute approximate surface area is 132 Å². The molecule has 2 atom stereocenters. The van der Waals surface area contributed by atoms with E-state index in [0.29, 0.717) is 6.54 Å². The average Bonchev–Trinajstić information content (AvgIpc) is 2.36. The molecule has 2 unspecified atom stereocenters. The molecule has 6 nitrogen and oxygen atoms in total. The molecular formula is C16H29NO5. The lowest BCUT2D eigenvalue weighted by atomic mass is 9.74. The molecule has 0 radical (unpaired) electrons. The third-order valence-electron chi connectivity index (χ3n) is 4.13. The number of piperidine rings is 1. The smallest absolute Gasteiger partial charge is 0.410 e. The third-order valence-corrected chi connectivity index (χ3v) is 4.13. The van der Waals surface area contributed by atoms with Gasteiger partial charge in [-0.25, -0.2) is 9.59 Å². The number of carbonyl (C=O) groups is 2. The van der Waals surface area contributed by atoms with Gasteiger partial charge >= 0.3 is 12.1 Å². The van der Waals surface area contributed by atoms with E-state index in [0.717, 1.165) is 19.3 Å². The number of amides is 1. The summed E-state index contributed by atoms with van der Waals surface area (Å²) in [5.74, 6) is -1.01. The molecule has 0 aromatic heterocycles. The van der Waals surface area contributed by atoms with Crippen molar-refractivity contribution >= 4 is 12.1 Å². The van der Waals surface area contributed by atoms with Gasteiger partial charge in [-0.1, -0.05) is 13.8 Å². The molecule has 1 aliphatic rings. The summed E-state index contributed by atoms with van der Waals surface area (Å²) in [4.78, 5) is 25.6. The van der Waals surface area contributed by atoms with Crippen LogP contribution in [0.3, 0.4) is 0 Å². The standard InChI is InChI=1S/C16H29NO5/c1-15(2,3)22-14(20)17-10-8-7-9-11(17)16(4,5)12(21-6)13(18)19/h11-12H,7-10H2,1-6H3,(H,18,19). The molecule has 0 spiro atoms. The first kappa shape index (κ1) is 18.7. The normalized spacial score (nSPS) is 21.4. The lowest BCUT2D eigenvalue weighted by Crippen LogP contribution is -2.57. The number of rotatable bonds is 4. The highest BCUT2D eigenvalue weighted by molar-refractivity contribution is 5.74. The van der Waals surface area contributed by atoms with Crippen molar-refractivity contribution in [2.75, 3.05) is 13.7 Å². The van der Waals surface area contributed by atoms with Crippen LogP contribution in [0.2, 0.25) is 0 Å². The second-order valence-electron chi connectivity index (χ2n) is 7.46. The van der Waals surface area contributed by atoms with E-state index in [2.05, 4.69) is 0 Å². The zero-order valence-corrected chi connectivity index (χ0v) is 14.5. The second-order valence-corrected chi connectivity index (χ2v) is 7.46. The first-order valence-electron chi connectivity index (χ1n) is 7.76. The quantitative estimate of drug-likeness (QED) is 0.863. The topological polar surface area (TPSA) is 76.1 Å². The number of carboxylic acids is 1. The van der Waals surface area contributed by atoms with Crippen LogP contribution in [0.15, 0.2) is 0 Å². The summed E-state index contributed by atoms with van der Waals surface area (Å²) < 4.78 is 10.7. The maximum absolute atomic E-state index is 12.5. The van der Waals surface area contributed by atoms with Crippen molar-refractivity contribution < 1.29 is 24.2 Å². The Hall–Kier alpha value is -1.30. The van der Waals surface area contributed by atoms with Crippen LogP contribution in [0.25, 0.3) is 0 Å². The van der Waals surface area contributed by atoms with E-state index in [1.54, 1.807) is 4.90 Å². The van der Waals surface area contributed by atoms with Crippen LogP contribution < -0.4 is 0 Å². The Kier molecular flexibility index (Phi) is 5.84. The number of carboxylic acid groups (broad SMARTS) is 1. The molecule has 0 bridgehead atoms. The Bertz CT molecular complexity index is 413. The maximum atomic E-state index is 12.5. The first-order valence-corrected chi connectivity index (χ1v) is 7.76. The molecule has 1 rings (SSSR count). The average molecular weight is 315 g/mol. The SMILES string of the molecule is COC(C(=O)O)C(C)(C)C1CCCCN1C(=O)OC(C)(C)C. The summed E-state index contributed by atoms with van der Waals surface area (Å²) in [6, 6.07) is -0.225. The van der Waals surface area contributed by atoms with Gasteiger partial charge < -0.3 is 19.5 Å². The van der Waals surface area contributed by atoms with Crippen molar-refractivity contribution in [2.45, 2.75) is 71.6 Å². The van der Waals surface area contributed by atoms with Crippen molar-refractivity contribution in [1.29, 1.82) is 0 Å². The second kappa shape index (κ2) is 6.86. The number of ether oxygens (including phenoxy) is 2. The number of aliphatic carboxylic acids is 1. The monoisotopic (exact) mass is 315 g/mol. The van der Waals surface area contributed by atoms with E-state index in [1.807, 2.05) is 34.6 Å². The largest absolute Gasteiger partial charge is 0.479 e. The zero-order valence-electron chi connectivity index (χ0n) is 14.5. The fraction of sp³-hybridized carbons (Fsp3) is 0.875. The highest BCUT2D eigenvalue weighted by Gasteiger charge is 2.47. The third kappa shape index (κ3) is 4.35. The highest BCUT2D eigenvalue weighted by Crippen LogP contribution is 2.37. The molecule has 1 saturated heterocycles. The van der Waals surface area contributed by atoms with Crippen molar-refractivity contribution in [3.63, 3.8) is 0 Å². The summed E-state index contributed by atoms with van der Waals surface area (Å²) in [6.07, 6.45) is 1.25. The molecule has 0 saturated carbocycles. The Morgan fingerprint density at radius 2 is 1.77 bits per heavy atom. The molecule has 22 heavy (non-hydrogen) atoms. The zero-order chi connectivity index (χ0) is 17.1. The number of hydrogen-bond donors (Lipinski definition) is 1. The highest BCUT2D eigenvalue weighted by atomic mass is 16.6. The van der Waals surface area contributed by atoms with Gasteiger partial charge in [-0.05, 0) is 40.0 Å². The predicted octanol–water partition coefficient (Wildman–Crippen LogP) is 2.90. The van der Waals surface area contributed by atoms with Crippen LogP contribution in [-0.4, -0.2) is 53.5 Å². The van der Waals surface area contributed by atoms with Crippen LogP contribution in [0, 0.1) is 5.41 Å². The van der Waals surface area contributed by atoms with E-state index in [-0.39, 0.29) is 12.1 Å². The molecule has 1 aliphatic heterocycles. The van der Waals surface area contributed by atoms with Crippen molar-refractivity contribution in [1.82, 2.24) is 4.90 Å². The van der Waals surface area contributed by atoms with Crippen molar-refractivity contribution in [3.8, 4) is 0 Å². The van der Waals surface area contributed by atoms with Crippen LogP contribution in [-0.2, 0) is 14.3 Å². The first-order chi connectivity index (χ1) is 10.0. The lowest BCUT2D eigenvalue weighted by Gasteiger charge is -2.46.